The van der Waals surface area contributed by atoms with Crippen molar-refractivity contribution in [2.24, 2.45) is 5.73 Å². The van der Waals surface area contributed by atoms with Crippen LogP contribution in [0.1, 0.15) is 16.8 Å². The number of ketones is 1. The molecule has 8 nitrogen and oxygen atoms in total. The van der Waals surface area contributed by atoms with Crippen molar-refractivity contribution in [1.29, 1.82) is 0 Å². The zero-order chi connectivity index (χ0) is 21.6. The summed E-state index contributed by atoms with van der Waals surface area (Å²) in [5.41, 5.74) is 7.31. The molecule has 0 aliphatic rings. The molecular formula is C21H28N2O6. The zero-order valence-corrected chi connectivity index (χ0v) is 17.3. The van der Waals surface area contributed by atoms with Crippen LogP contribution in [0.2, 0.25) is 0 Å². The third kappa shape index (κ3) is 5.10. The van der Waals surface area contributed by atoms with Crippen LogP contribution in [0, 0.1) is 0 Å². The van der Waals surface area contributed by atoms with Gasteiger partial charge in [-0.2, -0.15) is 0 Å². The standard InChI is InChI=1S/C21H28N2O6/c1-23(14-7-9-18(27-3)20(11-14)29-5)21(22)16(25)12-15(24)13-6-8-17(26-2)19(10-13)28-4/h6-11,16,21,25H,12,22H2,1-5H3. The van der Waals surface area contributed by atoms with E-state index in [9.17, 15) is 9.90 Å². The molecule has 2 aromatic carbocycles. The fraction of sp³-hybridized carbons (Fsp3) is 0.381. The lowest BCUT2D eigenvalue weighted by molar-refractivity contribution is 0.0836. The number of likely N-dealkylation sites (N-methyl/N-ethyl adjacent to an activating group) is 1. The van der Waals surface area contributed by atoms with E-state index in [4.69, 9.17) is 24.7 Å². The van der Waals surface area contributed by atoms with E-state index in [-0.39, 0.29) is 12.2 Å². The number of hydrogen-bond acceptors (Lipinski definition) is 8. The van der Waals surface area contributed by atoms with Crippen LogP contribution in [-0.2, 0) is 0 Å². The highest BCUT2D eigenvalue weighted by atomic mass is 16.5. The predicted molar refractivity (Wildman–Crippen MR) is 110 cm³/mol. The number of methoxy groups -OCH3 is 4. The van der Waals surface area contributed by atoms with E-state index in [0.29, 0.717) is 34.2 Å². The smallest absolute Gasteiger partial charge is 0.165 e. The summed E-state index contributed by atoms with van der Waals surface area (Å²) in [7, 11) is 7.84. The molecule has 0 saturated carbocycles. The molecule has 2 unspecified atom stereocenters. The van der Waals surface area contributed by atoms with Gasteiger partial charge >= 0.3 is 0 Å². The molecule has 0 radical (unpaired) electrons. The van der Waals surface area contributed by atoms with E-state index in [2.05, 4.69) is 0 Å². The van der Waals surface area contributed by atoms with Gasteiger partial charge in [-0.3, -0.25) is 4.79 Å². The Bertz CT molecular complexity index is 842. The van der Waals surface area contributed by atoms with Crippen molar-refractivity contribution in [3.05, 3.63) is 42.0 Å². The molecule has 2 atom stereocenters. The van der Waals surface area contributed by atoms with Crippen molar-refractivity contribution in [3.8, 4) is 23.0 Å². The lowest BCUT2D eigenvalue weighted by Gasteiger charge is -2.30. The summed E-state index contributed by atoms with van der Waals surface area (Å²) in [5.74, 6) is 1.84. The molecule has 2 rings (SSSR count). The number of nitrogens with two attached hydrogens (primary N) is 1. The Labute approximate surface area is 170 Å². The summed E-state index contributed by atoms with van der Waals surface area (Å²) >= 11 is 0. The van der Waals surface area contributed by atoms with Crippen molar-refractivity contribution in [2.75, 3.05) is 40.4 Å². The molecule has 0 bridgehead atoms. The van der Waals surface area contributed by atoms with Gasteiger partial charge in [0.05, 0.1) is 34.5 Å². The SMILES string of the molecule is COc1ccc(C(=O)CC(O)C(N)N(C)c2ccc(OC)c(OC)c2)cc1OC. The normalized spacial score (nSPS) is 12.7. The number of carbonyl (C=O) groups is 1. The predicted octanol–water partition coefficient (Wildman–Crippen LogP) is 2.08. The Morgan fingerprint density at radius 2 is 1.45 bits per heavy atom. The molecule has 0 saturated heterocycles. The molecule has 8 heteroatoms. The van der Waals surface area contributed by atoms with Gasteiger partial charge in [0.15, 0.2) is 28.8 Å². The van der Waals surface area contributed by atoms with Gasteiger partial charge in [0, 0.05) is 30.8 Å². The molecule has 0 aliphatic carbocycles. The molecule has 0 aromatic heterocycles. The van der Waals surface area contributed by atoms with Crippen LogP contribution in [0.4, 0.5) is 5.69 Å². The minimum Gasteiger partial charge on any atom is -0.493 e. The second kappa shape index (κ2) is 9.99. The average molecular weight is 404 g/mol. The maximum Gasteiger partial charge on any atom is 0.165 e. The Balaban J connectivity index is 2.11. The lowest BCUT2D eigenvalue weighted by Crippen LogP contribution is -2.49. The maximum atomic E-state index is 12.6. The molecule has 0 amide bonds. The fourth-order valence-corrected chi connectivity index (χ4v) is 2.91. The quantitative estimate of drug-likeness (QED) is 0.458. The number of nitrogens with zero attached hydrogens (tertiary/aromatic N) is 1. The molecule has 2 aromatic rings. The van der Waals surface area contributed by atoms with Crippen molar-refractivity contribution in [2.45, 2.75) is 18.7 Å². The topological polar surface area (TPSA) is 103 Å². The molecular weight excluding hydrogens is 376 g/mol. The Morgan fingerprint density at radius 1 is 0.931 bits per heavy atom. The van der Waals surface area contributed by atoms with Crippen molar-refractivity contribution in [1.82, 2.24) is 0 Å². The van der Waals surface area contributed by atoms with E-state index >= 15 is 0 Å². The van der Waals surface area contributed by atoms with Crippen LogP contribution in [0.15, 0.2) is 36.4 Å². The number of rotatable bonds is 10. The average Bonchev–Trinajstić information content (AvgIpc) is 2.76. The maximum absolute atomic E-state index is 12.6. The zero-order valence-electron chi connectivity index (χ0n) is 17.3. The van der Waals surface area contributed by atoms with Gasteiger partial charge in [0.2, 0.25) is 0 Å². The van der Waals surface area contributed by atoms with Crippen molar-refractivity contribution >= 4 is 11.5 Å². The minimum atomic E-state index is -1.09. The molecule has 29 heavy (non-hydrogen) atoms. The van der Waals surface area contributed by atoms with E-state index in [0.717, 1.165) is 0 Å². The highest BCUT2D eigenvalue weighted by Crippen LogP contribution is 2.32. The van der Waals surface area contributed by atoms with Crippen molar-refractivity contribution in [3.63, 3.8) is 0 Å². The van der Waals surface area contributed by atoms with Gasteiger partial charge in [-0.1, -0.05) is 0 Å². The molecule has 0 heterocycles. The summed E-state index contributed by atoms with van der Waals surface area (Å²) < 4.78 is 20.9. The van der Waals surface area contributed by atoms with Crippen LogP contribution in [0.25, 0.3) is 0 Å². The third-order valence-electron chi connectivity index (χ3n) is 4.72. The van der Waals surface area contributed by atoms with Gasteiger partial charge in [-0.05, 0) is 30.3 Å². The van der Waals surface area contributed by atoms with Gasteiger partial charge in [-0.25, -0.2) is 0 Å². The molecule has 0 aliphatic heterocycles. The van der Waals surface area contributed by atoms with Crippen LogP contribution >= 0.6 is 0 Å². The summed E-state index contributed by atoms with van der Waals surface area (Å²) in [6.07, 6.45) is -2.04. The van der Waals surface area contributed by atoms with Crippen LogP contribution in [0.3, 0.4) is 0 Å². The van der Waals surface area contributed by atoms with Crippen LogP contribution in [-0.4, -0.2) is 58.6 Å². The van der Waals surface area contributed by atoms with E-state index < -0.39 is 12.3 Å². The number of hydrogen-bond donors (Lipinski definition) is 2. The van der Waals surface area contributed by atoms with Gasteiger partial charge < -0.3 is 34.7 Å². The minimum absolute atomic E-state index is 0.145. The number of aliphatic hydroxyl groups is 1. The summed E-state index contributed by atoms with van der Waals surface area (Å²) in [5, 5.41) is 10.5. The molecule has 158 valence electrons. The molecule has 3 N–H and O–H groups in total. The number of Topliss-reactive ketones (excluding diaryl/α,β-unsaturated/α-hetero) is 1. The first kappa shape index (κ1) is 22.3. The Hall–Kier alpha value is -2.97. The summed E-state index contributed by atoms with van der Waals surface area (Å²) in [4.78, 5) is 14.3. The Kier molecular flexibility index (Phi) is 7.69. The monoisotopic (exact) mass is 404 g/mol. The second-order valence-electron chi connectivity index (χ2n) is 6.41. The van der Waals surface area contributed by atoms with Gasteiger partial charge in [0.1, 0.15) is 6.17 Å². The lowest BCUT2D eigenvalue weighted by atomic mass is 10.0. The van der Waals surface area contributed by atoms with Crippen LogP contribution in [0.5, 0.6) is 23.0 Å². The van der Waals surface area contributed by atoms with E-state index in [1.165, 1.54) is 21.3 Å². The number of anilines is 1. The third-order valence-corrected chi connectivity index (χ3v) is 4.72. The number of carbonyl (C=O) groups excluding carboxylic acids is 1. The summed E-state index contributed by atoms with van der Waals surface area (Å²) in [6.45, 7) is 0. The van der Waals surface area contributed by atoms with Crippen molar-refractivity contribution < 1.29 is 28.8 Å². The Morgan fingerprint density at radius 3 is 2.00 bits per heavy atom. The number of ether oxygens (including phenoxy) is 4. The summed E-state index contributed by atoms with van der Waals surface area (Å²) in [6, 6.07) is 10.1. The van der Waals surface area contributed by atoms with Crippen LogP contribution < -0.4 is 29.6 Å². The van der Waals surface area contributed by atoms with E-state index in [1.54, 1.807) is 55.5 Å². The molecule has 0 fully saturated rings. The molecule has 0 spiro atoms. The fourth-order valence-electron chi connectivity index (χ4n) is 2.91. The largest absolute Gasteiger partial charge is 0.493 e. The van der Waals surface area contributed by atoms with E-state index in [1.807, 2.05) is 0 Å². The first-order chi connectivity index (χ1) is 13.9. The van der Waals surface area contributed by atoms with Gasteiger partial charge in [-0.15, -0.1) is 0 Å². The second-order valence-corrected chi connectivity index (χ2v) is 6.41. The first-order valence-electron chi connectivity index (χ1n) is 9.00. The highest BCUT2D eigenvalue weighted by Gasteiger charge is 2.24. The first-order valence-corrected chi connectivity index (χ1v) is 9.00. The van der Waals surface area contributed by atoms with Gasteiger partial charge in [0.25, 0.3) is 0 Å². The highest BCUT2D eigenvalue weighted by molar-refractivity contribution is 5.97. The number of benzene rings is 2. The number of aliphatic hydroxyl groups excluding tert-OH is 1.